The fraction of sp³-hybridized carbons (Fsp3) is 0.167. The number of hydrogen-bond donors (Lipinski definition) is 2. The zero-order valence-corrected chi connectivity index (χ0v) is 23.4. The number of aryl methyl sites for hydroxylation is 1. The molecule has 2 aromatic carbocycles. The van der Waals surface area contributed by atoms with E-state index < -0.39 is 5.97 Å². The molecule has 1 atom stereocenters. The zero-order chi connectivity index (χ0) is 27.1. The van der Waals surface area contributed by atoms with Gasteiger partial charge >= 0.3 is 5.97 Å². The first-order chi connectivity index (χ1) is 18.9. The number of rotatable bonds is 5. The molecule has 3 N–H and O–H groups in total. The van der Waals surface area contributed by atoms with Crippen LogP contribution < -0.4 is 11.1 Å². The lowest BCUT2D eigenvalue weighted by atomic mass is 9.82. The fourth-order valence-electron chi connectivity index (χ4n) is 5.13. The smallest absolute Gasteiger partial charge is 0.341 e. The molecule has 9 heteroatoms. The van der Waals surface area contributed by atoms with Crippen molar-refractivity contribution in [2.24, 2.45) is 0 Å². The number of pyridine rings is 1. The van der Waals surface area contributed by atoms with Crippen LogP contribution in [0.1, 0.15) is 49.2 Å². The Balaban J connectivity index is 1.31. The van der Waals surface area contributed by atoms with E-state index in [1.807, 2.05) is 23.6 Å². The van der Waals surface area contributed by atoms with Crippen molar-refractivity contribution in [3.63, 3.8) is 0 Å². The van der Waals surface area contributed by atoms with E-state index in [2.05, 4.69) is 35.6 Å². The van der Waals surface area contributed by atoms with Crippen LogP contribution in [0.4, 0.5) is 10.7 Å². The van der Waals surface area contributed by atoms with Crippen molar-refractivity contribution >= 4 is 67.1 Å². The molecule has 0 aliphatic heterocycles. The Bertz CT molecular complexity index is 1710. The van der Waals surface area contributed by atoms with Gasteiger partial charge in [0.25, 0.3) is 5.91 Å². The van der Waals surface area contributed by atoms with Gasteiger partial charge in [-0.05, 0) is 60.1 Å². The number of carbonyl (C=O) groups is 2. The lowest BCUT2D eigenvalue weighted by Crippen LogP contribution is -2.14. The molecule has 1 amide bonds. The number of anilines is 2. The first kappa shape index (κ1) is 25.6. The van der Waals surface area contributed by atoms with E-state index in [1.165, 1.54) is 40.9 Å². The van der Waals surface area contributed by atoms with Gasteiger partial charge in [0.15, 0.2) is 0 Å². The number of benzene rings is 2. The molecule has 6 nitrogen and oxygen atoms in total. The molecule has 0 saturated heterocycles. The summed E-state index contributed by atoms with van der Waals surface area (Å²) in [7, 11) is 1.32. The SMILES string of the molecule is COC(=O)c1c(-c2ccc(Cl)cc2)csc1NC(=O)c1sc2nc3c(cc2c1N)CC(c1ccccc1)CC3. The first-order valence-corrected chi connectivity index (χ1v) is 14.5. The standard InChI is InChI=1S/C30H24ClN3O3S2/c1-37-30(36)24-22(17-7-10-20(31)11-8-17)15-38-29(24)34-27(35)26-25(32)21-14-19-13-18(16-5-3-2-4-6-16)9-12-23(19)33-28(21)39-26/h2-8,10-11,14-15,18H,9,12-13,32H2,1H3,(H,34,35). The molecule has 196 valence electrons. The highest BCUT2D eigenvalue weighted by molar-refractivity contribution is 7.21. The van der Waals surface area contributed by atoms with Gasteiger partial charge in [-0.2, -0.15) is 0 Å². The summed E-state index contributed by atoms with van der Waals surface area (Å²) >= 11 is 8.56. The maximum absolute atomic E-state index is 13.4. The third-order valence-electron chi connectivity index (χ3n) is 7.13. The molecule has 0 saturated carbocycles. The van der Waals surface area contributed by atoms with Gasteiger partial charge in [-0.1, -0.05) is 54.1 Å². The number of nitrogen functional groups attached to an aromatic ring is 1. The summed E-state index contributed by atoms with van der Waals surface area (Å²) < 4.78 is 5.04. The number of aromatic nitrogens is 1. The predicted octanol–water partition coefficient (Wildman–Crippen LogP) is 7.57. The van der Waals surface area contributed by atoms with E-state index in [4.69, 9.17) is 27.1 Å². The maximum Gasteiger partial charge on any atom is 0.341 e. The average molecular weight is 574 g/mol. The largest absolute Gasteiger partial charge is 0.465 e. The number of ether oxygens (including phenoxy) is 1. The van der Waals surface area contributed by atoms with E-state index in [0.717, 1.165) is 40.7 Å². The number of carbonyl (C=O) groups excluding carboxylic acids is 2. The van der Waals surface area contributed by atoms with Crippen LogP contribution in [0.5, 0.6) is 0 Å². The van der Waals surface area contributed by atoms with Crippen LogP contribution in [0.15, 0.2) is 66.0 Å². The van der Waals surface area contributed by atoms with E-state index in [1.54, 1.807) is 12.1 Å². The Hall–Kier alpha value is -3.72. The Kier molecular flexibility index (Phi) is 6.85. The molecule has 5 aromatic rings. The van der Waals surface area contributed by atoms with Crippen molar-refractivity contribution in [1.29, 1.82) is 0 Å². The second-order valence-corrected chi connectivity index (χ2v) is 11.8. The Labute approximate surface area is 238 Å². The Morgan fingerprint density at radius 2 is 1.90 bits per heavy atom. The van der Waals surface area contributed by atoms with Crippen LogP contribution in [0, 0.1) is 0 Å². The van der Waals surface area contributed by atoms with Gasteiger partial charge in [0, 0.05) is 27.0 Å². The highest BCUT2D eigenvalue weighted by atomic mass is 35.5. The van der Waals surface area contributed by atoms with Crippen LogP contribution in [-0.4, -0.2) is 24.0 Å². The zero-order valence-electron chi connectivity index (χ0n) is 21.0. The minimum Gasteiger partial charge on any atom is -0.465 e. The lowest BCUT2D eigenvalue weighted by molar-refractivity contribution is 0.0603. The van der Waals surface area contributed by atoms with Crippen LogP contribution in [0.25, 0.3) is 21.3 Å². The number of nitrogens with one attached hydrogen (secondary N) is 1. The molecule has 3 heterocycles. The van der Waals surface area contributed by atoms with Crippen molar-refractivity contribution < 1.29 is 14.3 Å². The second-order valence-electron chi connectivity index (χ2n) is 9.45. The highest BCUT2D eigenvalue weighted by Gasteiger charge is 2.27. The van der Waals surface area contributed by atoms with Gasteiger partial charge in [0.05, 0.1) is 12.8 Å². The van der Waals surface area contributed by atoms with Crippen LogP contribution in [0.2, 0.25) is 5.02 Å². The molecule has 0 radical (unpaired) electrons. The number of hydrogen-bond acceptors (Lipinski definition) is 7. The summed E-state index contributed by atoms with van der Waals surface area (Å²) in [6.07, 6.45) is 2.81. The van der Waals surface area contributed by atoms with Crippen LogP contribution in [-0.2, 0) is 17.6 Å². The monoisotopic (exact) mass is 573 g/mol. The molecule has 1 aliphatic rings. The van der Waals surface area contributed by atoms with Crippen molar-refractivity contribution in [2.45, 2.75) is 25.2 Å². The maximum atomic E-state index is 13.4. The fourth-order valence-corrected chi connectivity index (χ4v) is 7.20. The summed E-state index contributed by atoms with van der Waals surface area (Å²) in [6.45, 7) is 0. The summed E-state index contributed by atoms with van der Waals surface area (Å²) in [4.78, 5) is 32.2. The average Bonchev–Trinajstić information content (AvgIpc) is 3.52. The molecule has 1 unspecified atom stereocenters. The molecule has 1 aliphatic carbocycles. The molecule has 0 spiro atoms. The topological polar surface area (TPSA) is 94.3 Å². The number of thiophene rings is 2. The van der Waals surface area contributed by atoms with Gasteiger partial charge in [-0.3, -0.25) is 4.79 Å². The summed E-state index contributed by atoms with van der Waals surface area (Å²) in [5, 5.41) is 6.49. The number of nitrogens with zero attached hydrogens (tertiary/aromatic N) is 1. The van der Waals surface area contributed by atoms with Crippen molar-refractivity contribution in [2.75, 3.05) is 18.2 Å². The molecule has 39 heavy (non-hydrogen) atoms. The van der Waals surface area contributed by atoms with E-state index >= 15 is 0 Å². The Morgan fingerprint density at radius 3 is 2.64 bits per heavy atom. The van der Waals surface area contributed by atoms with Crippen molar-refractivity contribution in [1.82, 2.24) is 4.98 Å². The molecular formula is C30H24ClN3O3S2. The van der Waals surface area contributed by atoms with Crippen molar-refractivity contribution in [3.05, 3.63) is 98.3 Å². The number of fused-ring (bicyclic) bond motifs is 2. The second kappa shape index (κ2) is 10.4. The third kappa shape index (κ3) is 4.80. The van der Waals surface area contributed by atoms with Gasteiger partial charge in [-0.25, -0.2) is 9.78 Å². The number of nitrogens with two attached hydrogens (primary N) is 1. The third-order valence-corrected chi connectivity index (χ3v) is 9.39. The van der Waals surface area contributed by atoms with E-state index in [0.29, 0.717) is 37.6 Å². The number of amides is 1. The quantitative estimate of drug-likeness (QED) is 0.211. The van der Waals surface area contributed by atoms with Crippen molar-refractivity contribution in [3.8, 4) is 11.1 Å². The van der Waals surface area contributed by atoms with Crippen LogP contribution >= 0.6 is 34.3 Å². The number of methoxy groups -OCH3 is 1. The van der Waals surface area contributed by atoms with Crippen LogP contribution in [0.3, 0.4) is 0 Å². The summed E-state index contributed by atoms with van der Waals surface area (Å²) in [6, 6.07) is 19.8. The normalized spacial score (nSPS) is 14.7. The highest BCUT2D eigenvalue weighted by Crippen LogP contribution is 2.40. The molecule has 0 fully saturated rings. The van der Waals surface area contributed by atoms with Gasteiger partial charge in [-0.15, -0.1) is 22.7 Å². The first-order valence-electron chi connectivity index (χ1n) is 12.5. The molecular weight excluding hydrogens is 550 g/mol. The summed E-state index contributed by atoms with van der Waals surface area (Å²) in [5.74, 6) is -0.487. The van der Waals surface area contributed by atoms with E-state index in [9.17, 15) is 9.59 Å². The minimum absolute atomic E-state index is 0.290. The van der Waals surface area contributed by atoms with Gasteiger partial charge < -0.3 is 15.8 Å². The van der Waals surface area contributed by atoms with E-state index in [-0.39, 0.29) is 5.91 Å². The summed E-state index contributed by atoms with van der Waals surface area (Å²) in [5.41, 5.74) is 12.2. The van der Waals surface area contributed by atoms with Gasteiger partial charge in [0.1, 0.15) is 20.3 Å². The predicted molar refractivity (Wildman–Crippen MR) is 159 cm³/mol. The number of halogens is 1. The molecule has 3 aromatic heterocycles. The van der Waals surface area contributed by atoms with Gasteiger partial charge in [0.2, 0.25) is 0 Å². The Morgan fingerprint density at radius 1 is 1.13 bits per heavy atom. The minimum atomic E-state index is -0.539. The molecule has 0 bridgehead atoms. The number of esters is 1. The molecule has 6 rings (SSSR count). The lowest BCUT2D eigenvalue weighted by Gasteiger charge is -2.24.